The van der Waals surface area contributed by atoms with E-state index in [9.17, 15) is 0 Å². The molecule has 2 aliphatic heterocycles. The number of hydrogen-bond donors (Lipinski definition) is 1. The Morgan fingerprint density at radius 3 is 2.44 bits per heavy atom. The summed E-state index contributed by atoms with van der Waals surface area (Å²) in [7, 11) is 0. The fourth-order valence-corrected chi connectivity index (χ4v) is 3.13. The molecule has 2 saturated heterocycles. The molecule has 1 aromatic carbocycles. The van der Waals surface area contributed by atoms with Crippen molar-refractivity contribution in [1.82, 2.24) is 10.2 Å². The molecule has 0 bridgehead atoms. The minimum absolute atomic E-state index is 0.667. The fraction of sp³-hybridized carbons (Fsp3) is 0.571. The van der Waals surface area contributed by atoms with Gasteiger partial charge in [0.2, 0.25) is 0 Å². The summed E-state index contributed by atoms with van der Waals surface area (Å²) in [6.45, 7) is 6.20. The van der Waals surface area contributed by atoms with Gasteiger partial charge in [-0.3, -0.25) is 4.90 Å². The highest BCUT2D eigenvalue weighted by Crippen LogP contribution is 2.39. The lowest BCUT2D eigenvalue weighted by Gasteiger charge is -2.52. The molecule has 0 saturated carbocycles. The first-order valence-corrected chi connectivity index (χ1v) is 6.33. The third-order valence-electron chi connectivity index (χ3n) is 4.03. The lowest BCUT2D eigenvalue weighted by atomic mass is 9.72. The van der Waals surface area contributed by atoms with E-state index >= 15 is 0 Å². The molecule has 2 fully saturated rings. The number of likely N-dealkylation sites (tertiary alicyclic amines) is 1. The van der Waals surface area contributed by atoms with Gasteiger partial charge >= 0.3 is 0 Å². The van der Waals surface area contributed by atoms with E-state index in [2.05, 4.69) is 40.5 Å². The monoisotopic (exact) mass is 216 g/mol. The second-order valence-electron chi connectivity index (χ2n) is 5.38. The molecular weight excluding hydrogens is 196 g/mol. The van der Waals surface area contributed by atoms with E-state index in [1.54, 1.807) is 0 Å². The van der Waals surface area contributed by atoms with Gasteiger partial charge in [0, 0.05) is 19.6 Å². The van der Waals surface area contributed by atoms with Crippen LogP contribution in [0.4, 0.5) is 0 Å². The van der Waals surface area contributed by atoms with Crippen LogP contribution in [0, 0.1) is 5.41 Å². The molecule has 0 amide bonds. The maximum atomic E-state index is 3.45. The largest absolute Gasteiger partial charge is 0.317 e. The van der Waals surface area contributed by atoms with E-state index in [4.69, 9.17) is 0 Å². The summed E-state index contributed by atoms with van der Waals surface area (Å²) in [4.78, 5) is 2.58. The van der Waals surface area contributed by atoms with Crippen molar-refractivity contribution >= 4 is 0 Å². The van der Waals surface area contributed by atoms with Crippen LogP contribution in [-0.4, -0.2) is 31.1 Å². The first-order valence-electron chi connectivity index (χ1n) is 6.33. The molecule has 1 spiro atoms. The van der Waals surface area contributed by atoms with Gasteiger partial charge in [-0.15, -0.1) is 0 Å². The highest BCUT2D eigenvalue weighted by atomic mass is 15.2. The van der Waals surface area contributed by atoms with Crippen LogP contribution >= 0.6 is 0 Å². The van der Waals surface area contributed by atoms with Gasteiger partial charge in [-0.05, 0) is 36.9 Å². The smallest absolute Gasteiger partial charge is 0.0234 e. The summed E-state index contributed by atoms with van der Waals surface area (Å²) in [5.74, 6) is 0. The van der Waals surface area contributed by atoms with Crippen LogP contribution in [0.1, 0.15) is 18.4 Å². The van der Waals surface area contributed by atoms with Gasteiger partial charge in [-0.2, -0.15) is 0 Å². The fourth-order valence-electron chi connectivity index (χ4n) is 3.13. The molecule has 0 aliphatic carbocycles. The molecule has 2 aliphatic rings. The Hall–Kier alpha value is -0.860. The molecule has 2 nitrogen and oxygen atoms in total. The van der Waals surface area contributed by atoms with Crippen LogP contribution in [0.15, 0.2) is 30.3 Å². The number of piperidine rings is 1. The van der Waals surface area contributed by atoms with Gasteiger partial charge in [0.25, 0.3) is 0 Å². The van der Waals surface area contributed by atoms with E-state index in [0.29, 0.717) is 5.41 Å². The van der Waals surface area contributed by atoms with Crippen molar-refractivity contribution in [3.05, 3.63) is 35.9 Å². The van der Waals surface area contributed by atoms with Crippen LogP contribution in [0.2, 0.25) is 0 Å². The van der Waals surface area contributed by atoms with Gasteiger partial charge in [-0.25, -0.2) is 0 Å². The molecule has 0 atom stereocenters. The predicted octanol–water partition coefficient (Wildman–Crippen LogP) is 1.87. The highest BCUT2D eigenvalue weighted by Gasteiger charge is 2.42. The highest BCUT2D eigenvalue weighted by molar-refractivity contribution is 5.15. The van der Waals surface area contributed by atoms with Crippen LogP contribution in [0.5, 0.6) is 0 Å². The van der Waals surface area contributed by atoms with Gasteiger partial charge in [0.15, 0.2) is 0 Å². The van der Waals surface area contributed by atoms with Crippen molar-refractivity contribution < 1.29 is 0 Å². The van der Waals surface area contributed by atoms with Crippen molar-refractivity contribution in [2.45, 2.75) is 19.4 Å². The second-order valence-corrected chi connectivity index (χ2v) is 5.38. The van der Waals surface area contributed by atoms with E-state index in [-0.39, 0.29) is 0 Å². The first-order chi connectivity index (χ1) is 7.86. The SMILES string of the molecule is c1ccc(CN2CC3(CCNCC3)C2)cc1. The van der Waals surface area contributed by atoms with E-state index in [0.717, 1.165) is 6.54 Å². The molecule has 1 N–H and O–H groups in total. The number of benzene rings is 1. The minimum atomic E-state index is 0.667. The Kier molecular flexibility index (Phi) is 2.70. The summed E-state index contributed by atoms with van der Waals surface area (Å²) in [6, 6.07) is 10.8. The minimum Gasteiger partial charge on any atom is -0.317 e. The molecule has 2 heteroatoms. The molecule has 16 heavy (non-hydrogen) atoms. The first kappa shape index (κ1) is 10.3. The zero-order chi connectivity index (χ0) is 10.8. The Labute approximate surface area is 97.6 Å². The third-order valence-corrected chi connectivity index (χ3v) is 4.03. The average Bonchev–Trinajstić information content (AvgIpc) is 2.30. The molecule has 2 heterocycles. The standard InChI is InChI=1S/C14H20N2/c1-2-4-13(5-3-1)10-16-11-14(12-16)6-8-15-9-7-14/h1-5,15H,6-12H2. The zero-order valence-electron chi connectivity index (χ0n) is 9.78. The zero-order valence-corrected chi connectivity index (χ0v) is 9.78. The maximum absolute atomic E-state index is 3.45. The molecule has 1 aromatic rings. The van der Waals surface area contributed by atoms with E-state index < -0.39 is 0 Å². The lowest BCUT2D eigenvalue weighted by molar-refractivity contribution is -0.0282. The average molecular weight is 216 g/mol. The number of hydrogen-bond acceptors (Lipinski definition) is 2. The van der Waals surface area contributed by atoms with Crippen molar-refractivity contribution in [1.29, 1.82) is 0 Å². The number of rotatable bonds is 2. The molecular formula is C14H20N2. The summed E-state index contributed by atoms with van der Waals surface area (Å²) < 4.78 is 0. The Morgan fingerprint density at radius 1 is 1.06 bits per heavy atom. The van der Waals surface area contributed by atoms with E-state index in [1.807, 2.05) is 0 Å². The van der Waals surface area contributed by atoms with E-state index in [1.165, 1.54) is 44.6 Å². The summed E-state index contributed by atoms with van der Waals surface area (Å²) in [6.07, 6.45) is 2.75. The van der Waals surface area contributed by atoms with Crippen molar-refractivity contribution in [2.75, 3.05) is 26.2 Å². The molecule has 0 unspecified atom stereocenters. The Balaban J connectivity index is 1.53. The van der Waals surface area contributed by atoms with Crippen LogP contribution < -0.4 is 5.32 Å². The summed E-state index contributed by atoms with van der Waals surface area (Å²) in [5.41, 5.74) is 2.12. The Morgan fingerprint density at radius 2 is 1.75 bits per heavy atom. The molecule has 86 valence electrons. The topological polar surface area (TPSA) is 15.3 Å². The quantitative estimate of drug-likeness (QED) is 0.812. The third kappa shape index (κ3) is 2.00. The number of nitrogens with one attached hydrogen (secondary N) is 1. The predicted molar refractivity (Wildman–Crippen MR) is 66.3 cm³/mol. The van der Waals surface area contributed by atoms with Gasteiger partial charge in [0.1, 0.15) is 0 Å². The summed E-state index contributed by atoms with van der Waals surface area (Å²) >= 11 is 0. The van der Waals surface area contributed by atoms with Crippen LogP contribution in [0.25, 0.3) is 0 Å². The maximum Gasteiger partial charge on any atom is 0.0234 e. The van der Waals surface area contributed by atoms with Crippen LogP contribution in [0.3, 0.4) is 0 Å². The normalized spacial score (nSPS) is 24.2. The van der Waals surface area contributed by atoms with Gasteiger partial charge in [0.05, 0.1) is 0 Å². The van der Waals surface area contributed by atoms with Gasteiger partial charge < -0.3 is 5.32 Å². The van der Waals surface area contributed by atoms with Gasteiger partial charge in [-0.1, -0.05) is 30.3 Å². The lowest BCUT2D eigenvalue weighted by Crippen LogP contribution is -2.59. The van der Waals surface area contributed by atoms with Crippen molar-refractivity contribution in [3.63, 3.8) is 0 Å². The molecule has 3 rings (SSSR count). The summed E-state index contributed by atoms with van der Waals surface area (Å²) in [5, 5.41) is 3.45. The Bertz CT molecular complexity index is 333. The van der Waals surface area contributed by atoms with Crippen LogP contribution in [-0.2, 0) is 6.54 Å². The second kappa shape index (κ2) is 4.19. The van der Waals surface area contributed by atoms with Crippen molar-refractivity contribution in [3.8, 4) is 0 Å². The van der Waals surface area contributed by atoms with Crippen molar-refractivity contribution in [2.24, 2.45) is 5.41 Å². The number of nitrogens with zero attached hydrogens (tertiary/aromatic N) is 1. The molecule has 0 radical (unpaired) electrons. The molecule has 0 aromatic heterocycles.